The molecule has 1 heterocycles. The van der Waals surface area contributed by atoms with Gasteiger partial charge in [0, 0.05) is 0 Å². The molecule has 0 aromatic carbocycles. The van der Waals surface area contributed by atoms with Crippen molar-refractivity contribution in [2.24, 2.45) is 11.8 Å². The van der Waals surface area contributed by atoms with Gasteiger partial charge < -0.3 is 9.31 Å². The molecule has 0 N–H and O–H groups in total. The van der Waals surface area contributed by atoms with E-state index in [0.717, 1.165) is 11.8 Å². The molecule has 3 fully saturated rings. The Morgan fingerprint density at radius 2 is 1.38 bits per heavy atom. The Labute approximate surface area is 99.2 Å². The van der Waals surface area contributed by atoms with Gasteiger partial charge in [-0.2, -0.15) is 0 Å². The van der Waals surface area contributed by atoms with Gasteiger partial charge in [0.15, 0.2) is 0 Å². The lowest BCUT2D eigenvalue weighted by Gasteiger charge is -2.36. The zero-order valence-corrected chi connectivity index (χ0v) is 11.0. The van der Waals surface area contributed by atoms with Crippen molar-refractivity contribution < 1.29 is 9.31 Å². The van der Waals surface area contributed by atoms with E-state index in [1.165, 1.54) is 25.7 Å². The van der Waals surface area contributed by atoms with Crippen LogP contribution in [0.5, 0.6) is 0 Å². The summed E-state index contributed by atoms with van der Waals surface area (Å²) >= 11 is 0. The Morgan fingerprint density at radius 1 is 0.875 bits per heavy atom. The van der Waals surface area contributed by atoms with Crippen LogP contribution in [-0.4, -0.2) is 18.3 Å². The van der Waals surface area contributed by atoms with E-state index in [0.29, 0.717) is 5.82 Å². The average Bonchev–Trinajstić information content (AvgIpc) is 2.78. The Morgan fingerprint density at radius 3 is 1.81 bits per heavy atom. The number of hydrogen-bond donors (Lipinski definition) is 0. The molecule has 1 aliphatic heterocycles. The van der Waals surface area contributed by atoms with Gasteiger partial charge in [-0.05, 0) is 71.0 Å². The summed E-state index contributed by atoms with van der Waals surface area (Å²) < 4.78 is 12.2. The first-order chi connectivity index (χ1) is 7.39. The SMILES string of the molecule is CC1(C)OB(C2CC(C3CC3)C2)OC1(C)C. The van der Waals surface area contributed by atoms with E-state index in [4.69, 9.17) is 9.31 Å². The van der Waals surface area contributed by atoms with E-state index in [1.54, 1.807) is 0 Å². The molecule has 2 aliphatic carbocycles. The van der Waals surface area contributed by atoms with Crippen molar-refractivity contribution in [2.45, 2.75) is 70.4 Å². The fraction of sp³-hybridized carbons (Fsp3) is 1.00. The Kier molecular flexibility index (Phi) is 2.26. The van der Waals surface area contributed by atoms with Gasteiger partial charge in [0.1, 0.15) is 0 Å². The first kappa shape index (κ1) is 11.1. The Balaban J connectivity index is 1.58. The molecule has 3 aliphatic rings. The third-order valence-electron chi connectivity index (χ3n) is 5.16. The predicted molar refractivity (Wildman–Crippen MR) is 65.3 cm³/mol. The summed E-state index contributed by atoms with van der Waals surface area (Å²) in [6.45, 7) is 8.57. The topological polar surface area (TPSA) is 18.5 Å². The van der Waals surface area contributed by atoms with E-state index < -0.39 is 0 Å². The van der Waals surface area contributed by atoms with Gasteiger partial charge in [-0.25, -0.2) is 0 Å². The molecule has 3 heteroatoms. The second kappa shape index (κ2) is 3.26. The maximum absolute atomic E-state index is 6.09. The van der Waals surface area contributed by atoms with Gasteiger partial charge >= 0.3 is 7.12 Å². The second-order valence-electron chi connectivity index (χ2n) is 6.95. The molecule has 0 atom stereocenters. The summed E-state index contributed by atoms with van der Waals surface area (Å²) in [6, 6.07) is 0. The molecule has 2 nitrogen and oxygen atoms in total. The van der Waals surface area contributed by atoms with Crippen molar-refractivity contribution in [1.82, 2.24) is 0 Å². The molecule has 0 aromatic rings. The van der Waals surface area contributed by atoms with Crippen molar-refractivity contribution in [3.05, 3.63) is 0 Å². The molecule has 2 saturated carbocycles. The Hall–Kier alpha value is -0.0151. The highest BCUT2D eigenvalue weighted by atomic mass is 16.7. The lowest BCUT2D eigenvalue weighted by molar-refractivity contribution is 0.00578. The first-order valence-corrected chi connectivity index (χ1v) is 6.75. The van der Waals surface area contributed by atoms with Gasteiger partial charge in [-0.3, -0.25) is 0 Å². The number of hydrogen-bond acceptors (Lipinski definition) is 2. The average molecular weight is 222 g/mol. The molecule has 3 rings (SSSR count). The second-order valence-corrected chi connectivity index (χ2v) is 6.95. The van der Waals surface area contributed by atoms with E-state index in [2.05, 4.69) is 27.7 Å². The van der Waals surface area contributed by atoms with Crippen LogP contribution in [0, 0.1) is 11.8 Å². The molecule has 1 saturated heterocycles. The van der Waals surface area contributed by atoms with Crippen LogP contribution in [0.2, 0.25) is 5.82 Å². The van der Waals surface area contributed by atoms with E-state index in [9.17, 15) is 0 Å². The third-order valence-corrected chi connectivity index (χ3v) is 5.16. The van der Waals surface area contributed by atoms with Crippen LogP contribution in [-0.2, 0) is 9.31 Å². The van der Waals surface area contributed by atoms with Crippen LogP contribution in [0.3, 0.4) is 0 Å². The summed E-state index contributed by atoms with van der Waals surface area (Å²) in [7, 11) is 0.0556. The molecular weight excluding hydrogens is 199 g/mol. The highest BCUT2D eigenvalue weighted by Crippen LogP contribution is 2.55. The van der Waals surface area contributed by atoms with E-state index in [-0.39, 0.29) is 18.3 Å². The van der Waals surface area contributed by atoms with Crippen LogP contribution in [0.25, 0.3) is 0 Å². The lowest BCUT2D eigenvalue weighted by atomic mass is 9.55. The maximum Gasteiger partial charge on any atom is 0.461 e. The molecular formula is C13H23BO2. The van der Waals surface area contributed by atoms with Crippen LogP contribution in [0.1, 0.15) is 53.4 Å². The normalized spacial score (nSPS) is 40.9. The molecule has 0 unspecified atom stereocenters. The van der Waals surface area contributed by atoms with Crippen LogP contribution in [0.4, 0.5) is 0 Å². The van der Waals surface area contributed by atoms with Crippen LogP contribution >= 0.6 is 0 Å². The van der Waals surface area contributed by atoms with Gasteiger partial charge in [0.25, 0.3) is 0 Å². The fourth-order valence-corrected chi connectivity index (χ4v) is 2.96. The molecule has 16 heavy (non-hydrogen) atoms. The smallest absolute Gasteiger partial charge is 0.403 e. The fourth-order valence-electron chi connectivity index (χ4n) is 2.96. The summed E-state index contributed by atoms with van der Waals surface area (Å²) in [5.41, 5.74) is -0.301. The number of rotatable bonds is 2. The quantitative estimate of drug-likeness (QED) is 0.667. The van der Waals surface area contributed by atoms with Crippen LogP contribution < -0.4 is 0 Å². The monoisotopic (exact) mass is 222 g/mol. The zero-order chi connectivity index (χ0) is 11.6. The van der Waals surface area contributed by atoms with Gasteiger partial charge in [-0.15, -0.1) is 0 Å². The predicted octanol–water partition coefficient (Wildman–Crippen LogP) is 3.27. The molecule has 0 spiro atoms. The molecule has 0 aromatic heterocycles. The van der Waals surface area contributed by atoms with Gasteiger partial charge in [-0.1, -0.05) is 0 Å². The molecule has 90 valence electrons. The minimum Gasteiger partial charge on any atom is -0.403 e. The molecule has 0 amide bonds. The summed E-state index contributed by atoms with van der Waals surface area (Å²) in [6.07, 6.45) is 5.62. The van der Waals surface area contributed by atoms with Crippen molar-refractivity contribution in [3.8, 4) is 0 Å². The van der Waals surface area contributed by atoms with Crippen molar-refractivity contribution in [2.75, 3.05) is 0 Å². The van der Waals surface area contributed by atoms with Crippen LogP contribution in [0.15, 0.2) is 0 Å². The highest BCUT2D eigenvalue weighted by molar-refractivity contribution is 6.47. The van der Waals surface area contributed by atoms with Crippen molar-refractivity contribution in [3.63, 3.8) is 0 Å². The largest absolute Gasteiger partial charge is 0.461 e. The van der Waals surface area contributed by atoms with E-state index in [1.807, 2.05) is 0 Å². The first-order valence-electron chi connectivity index (χ1n) is 6.75. The standard InChI is InChI=1S/C13H23BO2/c1-12(2)13(3,4)16-14(15-12)11-7-10(8-11)9-5-6-9/h9-11H,5-8H2,1-4H3. The molecule has 0 radical (unpaired) electrons. The highest BCUT2D eigenvalue weighted by Gasteiger charge is 2.57. The maximum atomic E-state index is 6.09. The third kappa shape index (κ3) is 1.63. The lowest BCUT2D eigenvalue weighted by Crippen LogP contribution is -2.41. The van der Waals surface area contributed by atoms with E-state index >= 15 is 0 Å². The summed E-state index contributed by atoms with van der Waals surface area (Å²) in [5, 5.41) is 0. The summed E-state index contributed by atoms with van der Waals surface area (Å²) in [4.78, 5) is 0. The zero-order valence-electron chi connectivity index (χ0n) is 11.0. The minimum atomic E-state index is -0.150. The Bertz CT molecular complexity index is 274. The van der Waals surface area contributed by atoms with Crippen molar-refractivity contribution in [1.29, 1.82) is 0 Å². The van der Waals surface area contributed by atoms with Crippen molar-refractivity contribution >= 4 is 7.12 Å². The summed E-state index contributed by atoms with van der Waals surface area (Å²) in [5.74, 6) is 2.70. The van der Waals surface area contributed by atoms with Gasteiger partial charge in [0.05, 0.1) is 11.2 Å². The molecule has 0 bridgehead atoms. The van der Waals surface area contributed by atoms with Gasteiger partial charge in [0.2, 0.25) is 0 Å². The minimum absolute atomic E-state index is 0.0556.